The Hall–Kier alpha value is -2.61. The maximum atomic E-state index is 12.5. The van der Waals surface area contributed by atoms with Crippen molar-refractivity contribution in [1.29, 1.82) is 5.26 Å². The van der Waals surface area contributed by atoms with E-state index in [9.17, 15) is 10.1 Å². The molecule has 0 radical (unpaired) electrons. The van der Waals surface area contributed by atoms with Gasteiger partial charge < -0.3 is 4.74 Å². The molecule has 0 aliphatic carbocycles. The summed E-state index contributed by atoms with van der Waals surface area (Å²) in [5.74, 6) is 1.25. The Morgan fingerprint density at radius 3 is 2.54 bits per heavy atom. The van der Waals surface area contributed by atoms with Gasteiger partial charge in [0, 0.05) is 0 Å². The van der Waals surface area contributed by atoms with Crippen LogP contribution in [-0.2, 0) is 19.4 Å². The molecule has 0 atom stereocenters. The van der Waals surface area contributed by atoms with E-state index in [4.69, 9.17) is 4.74 Å². The first-order chi connectivity index (χ1) is 12.4. The lowest BCUT2D eigenvalue weighted by Gasteiger charge is -2.14. The van der Waals surface area contributed by atoms with E-state index in [1.807, 2.05) is 32.0 Å². The summed E-state index contributed by atoms with van der Waals surface area (Å²) in [6.45, 7) is 11.0. The van der Waals surface area contributed by atoms with Gasteiger partial charge in [-0.15, -0.1) is 0 Å². The molecule has 5 heteroatoms. The van der Waals surface area contributed by atoms with Gasteiger partial charge in [-0.2, -0.15) is 10.4 Å². The molecule has 0 saturated heterocycles. The van der Waals surface area contributed by atoms with Gasteiger partial charge in [0.25, 0.3) is 5.56 Å². The number of hydrogen-bond acceptors (Lipinski definition) is 4. The van der Waals surface area contributed by atoms with Crippen LogP contribution in [0, 0.1) is 18.3 Å². The number of benzene rings is 1. The highest BCUT2D eigenvalue weighted by molar-refractivity contribution is 5.38. The highest BCUT2D eigenvalue weighted by Crippen LogP contribution is 2.23. The van der Waals surface area contributed by atoms with Gasteiger partial charge in [0.15, 0.2) is 0 Å². The maximum Gasteiger partial charge on any atom is 0.285 e. The van der Waals surface area contributed by atoms with E-state index in [-0.39, 0.29) is 11.1 Å². The SMILES string of the molecule is CCc1nn(CCOc2ccc(C(C)C)c(C)c2)c(=O)c(C#N)c1CC. The van der Waals surface area contributed by atoms with E-state index in [0.717, 1.165) is 17.0 Å². The van der Waals surface area contributed by atoms with Crippen LogP contribution in [0.5, 0.6) is 5.75 Å². The molecule has 2 rings (SSSR count). The zero-order chi connectivity index (χ0) is 19.3. The van der Waals surface area contributed by atoms with Gasteiger partial charge in [-0.05, 0) is 54.5 Å². The van der Waals surface area contributed by atoms with Gasteiger partial charge in [-0.3, -0.25) is 4.79 Å². The van der Waals surface area contributed by atoms with Crippen LogP contribution in [0.2, 0.25) is 0 Å². The predicted octanol–water partition coefficient (Wildman–Crippen LogP) is 3.75. The fourth-order valence-corrected chi connectivity index (χ4v) is 3.22. The highest BCUT2D eigenvalue weighted by atomic mass is 16.5. The summed E-state index contributed by atoms with van der Waals surface area (Å²) < 4.78 is 7.15. The molecule has 0 aliphatic rings. The summed E-state index contributed by atoms with van der Waals surface area (Å²) in [6.07, 6.45) is 1.32. The van der Waals surface area contributed by atoms with Crippen molar-refractivity contribution in [3.8, 4) is 11.8 Å². The molecular formula is C21H27N3O2. The summed E-state index contributed by atoms with van der Waals surface area (Å²) in [4.78, 5) is 12.5. The molecule has 2 aromatic rings. The second-order valence-corrected chi connectivity index (χ2v) is 6.67. The molecule has 1 aromatic carbocycles. The smallest absolute Gasteiger partial charge is 0.285 e. The topological polar surface area (TPSA) is 67.9 Å². The van der Waals surface area contributed by atoms with Crippen LogP contribution >= 0.6 is 0 Å². The normalized spacial score (nSPS) is 10.8. The number of aromatic nitrogens is 2. The van der Waals surface area contributed by atoms with Crippen molar-refractivity contribution in [2.75, 3.05) is 6.61 Å². The largest absolute Gasteiger partial charge is 0.492 e. The summed E-state index contributed by atoms with van der Waals surface area (Å²) in [5, 5.41) is 13.8. The van der Waals surface area contributed by atoms with Crippen molar-refractivity contribution in [3.63, 3.8) is 0 Å². The third-order valence-corrected chi connectivity index (χ3v) is 4.58. The van der Waals surface area contributed by atoms with Crippen LogP contribution in [-0.4, -0.2) is 16.4 Å². The second-order valence-electron chi connectivity index (χ2n) is 6.67. The average Bonchev–Trinajstić information content (AvgIpc) is 2.62. The Labute approximate surface area is 155 Å². The number of aryl methyl sites for hydroxylation is 2. The van der Waals surface area contributed by atoms with Crippen LogP contribution < -0.4 is 10.3 Å². The van der Waals surface area contributed by atoms with E-state index in [1.165, 1.54) is 15.8 Å². The van der Waals surface area contributed by atoms with Gasteiger partial charge >= 0.3 is 0 Å². The molecule has 1 aromatic heterocycles. The number of ether oxygens (including phenoxy) is 1. The zero-order valence-corrected chi connectivity index (χ0v) is 16.3. The lowest BCUT2D eigenvalue weighted by molar-refractivity contribution is 0.286. The van der Waals surface area contributed by atoms with Crippen molar-refractivity contribution in [3.05, 3.63) is 56.5 Å². The summed E-state index contributed by atoms with van der Waals surface area (Å²) in [5.41, 5.74) is 3.93. The fourth-order valence-electron chi connectivity index (χ4n) is 3.22. The summed E-state index contributed by atoms with van der Waals surface area (Å²) in [7, 11) is 0. The molecule has 0 aliphatic heterocycles. The molecule has 0 unspecified atom stereocenters. The number of rotatable bonds is 7. The third-order valence-electron chi connectivity index (χ3n) is 4.58. The number of hydrogen-bond donors (Lipinski definition) is 0. The first kappa shape index (κ1) is 19.7. The van der Waals surface area contributed by atoms with E-state index >= 15 is 0 Å². The summed E-state index contributed by atoms with van der Waals surface area (Å²) in [6, 6.07) is 8.10. The minimum Gasteiger partial charge on any atom is -0.492 e. The van der Waals surface area contributed by atoms with Gasteiger partial charge in [0.1, 0.15) is 24.0 Å². The Morgan fingerprint density at radius 2 is 2.00 bits per heavy atom. The molecule has 0 saturated carbocycles. The molecule has 0 N–H and O–H groups in total. The van der Waals surface area contributed by atoms with Crippen molar-refractivity contribution >= 4 is 0 Å². The van der Waals surface area contributed by atoms with Crippen LogP contribution in [0.25, 0.3) is 0 Å². The lowest BCUT2D eigenvalue weighted by atomic mass is 9.98. The molecule has 138 valence electrons. The lowest BCUT2D eigenvalue weighted by Crippen LogP contribution is -2.30. The van der Waals surface area contributed by atoms with Gasteiger partial charge in [-0.1, -0.05) is 33.8 Å². The summed E-state index contributed by atoms with van der Waals surface area (Å²) >= 11 is 0. The Kier molecular flexibility index (Phi) is 6.57. The molecule has 0 fully saturated rings. The maximum absolute atomic E-state index is 12.5. The van der Waals surface area contributed by atoms with Crippen LogP contribution in [0.4, 0.5) is 0 Å². The molecule has 5 nitrogen and oxygen atoms in total. The molecule has 0 bridgehead atoms. The van der Waals surface area contributed by atoms with Gasteiger partial charge in [-0.25, -0.2) is 4.68 Å². The van der Waals surface area contributed by atoms with Crippen molar-refractivity contribution in [1.82, 2.24) is 9.78 Å². The minimum atomic E-state index is -0.337. The van der Waals surface area contributed by atoms with Crippen LogP contribution in [0.3, 0.4) is 0 Å². The second kappa shape index (κ2) is 8.66. The molecule has 1 heterocycles. The first-order valence-electron chi connectivity index (χ1n) is 9.19. The van der Waals surface area contributed by atoms with E-state index in [0.29, 0.717) is 31.9 Å². The third kappa shape index (κ3) is 4.13. The monoisotopic (exact) mass is 353 g/mol. The van der Waals surface area contributed by atoms with Gasteiger partial charge in [0.05, 0.1) is 12.2 Å². The molecular weight excluding hydrogens is 326 g/mol. The van der Waals surface area contributed by atoms with Gasteiger partial charge in [0.2, 0.25) is 0 Å². The Bertz CT molecular complexity index is 876. The predicted molar refractivity (Wildman–Crippen MR) is 103 cm³/mol. The molecule has 0 spiro atoms. The minimum absolute atomic E-state index is 0.205. The zero-order valence-electron chi connectivity index (χ0n) is 16.3. The van der Waals surface area contributed by atoms with E-state index < -0.39 is 0 Å². The Morgan fingerprint density at radius 1 is 1.27 bits per heavy atom. The number of nitriles is 1. The highest BCUT2D eigenvalue weighted by Gasteiger charge is 2.15. The van der Waals surface area contributed by atoms with Crippen LogP contribution in [0.15, 0.2) is 23.0 Å². The Balaban J connectivity index is 2.17. The van der Waals surface area contributed by atoms with Crippen molar-refractivity contribution in [2.24, 2.45) is 0 Å². The van der Waals surface area contributed by atoms with Crippen molar-refractivity contribution in [2.45, 2.75) is 59.9 Å². The fraction of sp³-hybridized carbons (Fsp3) is 0.476. The van der Waals surface area contributed by atoms with Crippen LogP contribution in [0.1, 0.15) is 61.6 Å². The molecule has 26 heavy (non-hydrogen) atoms. The average molecular weight is 353 g/mol. The van der Waals surface area contributed by atoms with Crippen molar-refractivity contribution < 1.29 is 4.74 Å². The first-order valence-corrected chi connectivity index (χ1v) is 9.19. The number of nitrogens with zero attached hydrogens (tertiary/aromatic N) is 3. The quantitative estimate of drug-likeness (QED) is 0.760. The van der Waals surface area contributed by atoms with E-state index in [2.05, 4.69) is 31.9 Å². The van der Waals surface area contributed by atoms with E-state index in [1.54, 1.807) is 0 Å². The standard InChI is InChI=1S/C21H27N3O2/c1-6-17-19(13-22)21(25)24(23-20(17)7-2)10-11-26-16-8-9-18(14(3)4)15(5)12-16/h8-9,12,14H,6-7,10-11H2,1-5H3. The molecule has 0 amide bonds.